The van der Waals surface area contributed by atoms with Crippen LogP contribution in [-0.2, 0) is 19.1 Å². The van der Waals surface area contributed by atoms with Gasteiger partial charge in [-0.25, -0.2) is 0 Å². The Hall–Kier alpha value is -2.16. The summed E-state index contributed by atoms with van der Waals surface area (Å²) in [5, 5.41) is 12.7. The van der Waals surface area contributed by atoms with Gasteiger partial charge in [0, 0.05) is 37.4 Å². The zero-order chi connectivity index (χ0) is 21.1. The summed E-state index contributed by atoms with van der Waals surface area (Å²) in [7, 11) is 1.48. The molecule has 4 rings (SSSR count). The van der Waals surface area contributed by atoms with Crippen molar-refractivity contribution in [2.45, 2.75) is 56.3 Å². The molecule has 1 aromatic rings. The van der Waals surface area contributed by atoms with Crippen molar-refractivity contribution in [1.82, 2.24) is 4.90 Å². The SMILES string of the molecule is COCC(=O)Nc1ccc2c(c1)[C@@H]1C[C@H](CC(=O)N3CCCCC3)O[C@@H](CO)[C@@H]1O2. The first kappa shape index (κ1) is 21.1. The molecule has 0 spiro atoms. The summed E-state index contributed by atoms with van der Waals surface area (Å²) < 4.78 is 17.0. The first-order valence-corrected chi connectivity index (χ1v) is 10.7. The van der Waals surface area contributed by atoms with Crippen LogP contribution in [0.15, 0.2) is 18.2 Å². The number of carbonyl (C=O) groups is 2. The van der Waals surface area contributed by atoms with Crippen molar-refractivity contribution in [2.24, 2.45) is 0 Å². The van der Waals surface area contributed by atoms with E-state index < -0.39 is 6.10 Å². The number of aliphatic hydroxyl groups is 1. The van der Waals surface area contributed by atoms with Crippen molar-refractivity contribution in [3.8, 4) is 5.75 Å². The Morgan fingerprint density at radius 2 is 2.07 bits per heavy atom. The average Bonchev–Trinajstić information content (AvgIpc) is 3.12. The Morgan fingerprint density at radius 1 is 1.27 bits per heavy atom. The third-order valence-electron chi connectivity index (χ3n) is 6.17. The number of aliphatic hydroxyl groups excluding tert-OH is 1. The summed E-state index contributed by atoms with van der Waals surface area (Å²) in [6.07, 6.45) is 3.21. The monoisotopic (exact) mass is 418 g/mol. The number of hydrogen-bond donors (Lipinski definition) is 2. The predicted octanol–water partition coefficient (Wildman–Crippen LogP) is 1.67. The highest BCUT2D eigenvalue weighted by Gasteiger charge is 2.46. The van der Waals surface area contributed by atoms with E-state index in [9.17, 15) is 14.7 Å². The number of anilines is 1. The topological polar surface area (TPSA) is 97.3 Å². The molecular formula is C22H30N2O6. The maximum atomic E-state index is 12.7. The summed E-state index contributed by atoms with van der Waals surface area (Å²) in [6, 6.07) is 5.53. The molecule has 1 aromatic carbocycles. The molecule has 4 atom stereocenters. The molecule has 0 saturated carbocycles. The minimum atomic E-state index is -0.484. The average molecular weight is 418 g/mol. The molecule has 30 heavy (non-hydrogen) atoms. The Labute approximate surface area is 176 Å². The van der Waals surface area contributed by atoms with Gasteiger partial charge in [0.25, 0.3) is 0 Å². The minimum Gasteiger partial charge on any atom is -0.487 e. The van der Waals surface area contributed by atoms with Gasteiger partial charge in [-0.15, -0.1) is 0 Å². The highest BCUT2D eigenvalue weighted by atomic mass is 16.6. The standard InChI is InChI=1S/C22H30N2O6/c1-28-13-20(26)23-14-5-6-18-16(9-14)17-10-15(29-19(12-25)22(17)30-18)11-21(27)24-7-3-2-4-8-24/h5-6,9,15,17,19,22,25H,2-4,7-8,10-13H2,1H3,(H,23,26)/t15-,17+,19+,22-/m1/s1. The number of ether oxygens (including phenoxy) is 3. The summed E-state index contributed by atoms with van der Waals surface area (Å²) >= 11 is 0. The summed E-state index contributed by atoms with van der Waals surface area (Å²) in [6.45, 7) is 1.46. The van der Waals surface area contributed by atoms with Gasteiger partial charge in [-0.1, -0.05) is 0 Å². The van der Waals surface area contributed by atoms with Crippen LogP contribution in [0.4, 0.5) is 5.69 Å². The van der Waals surface area contributed by atoms with Crippen molar-refractivity contribution in [2.75, 3.05) is 38.7 Å². The number of fused-ring (bicyclic) bond motifs is 3. The van der Waals surface area contributed by atoms with Crippen molar-refractivity contribution in [1.29, 1.82) is 0 Å². The Balaban J connectivity index is 1.48. The Bertz CT molecular complexity index is 779. The van der Waals surface area contributed by atoms with Crippen LogP contribution in [0.1, 0.15) is 43.6 Å². The second-order valence-electron chi connectivity index (χ2n) is 8.28. The van der Waals surface area contributed by atoms with Crippen LogP contribution >= 0.6 is 0 Å². The molecule has 2 saturated heterocycles. The van der Waals surface area contributed by atoms with Gasteiger partial charge in [0.1, 0.15) is 24.6 Å². The number of hydrogen-bond acceptors (Lipinski definition) is 6. The van der Waals surface area contributed by atoms with E-state index >= 15 is 0 Å². The number of nitrogens with one attached hydrogen (secondary N) is 1. The van der Waals surface area contributed by atoms with E-state index in [0.29, 0.717) is 18.5 Å². The third kappa shape index (κ3) is 4.45. The van der Waals surface area contributed by atoms with Crippen LogP contribution in [-0.4, -0.2) is 73.5 Å². The molecule has 3 aliphatic rings. The highest BCUT2D eigenvalue weighted by Crippen LogP contribution is 2.47. The fourth-order valence-electron chi connectivity index (χ4n) is 4.76. The lowest BCUT2D eigenvalue weighted by atomic mass is 9.84. The molecule has 2 amide bonds. The Kier molecular flexibility index (Phi) is 6.55. The summed E-state index contributed by atoms with van der Waals surface area (Å²) in [5.74, 6) is 0.636. The minimum absolute atomic E-state index is 0.00401. The van der Waals surface area contributed by atoms with Crippen molar-refractivity contribution < 1.29 is 28.9 Å². The number of carbonyl (C=O) groups excluding carboxylic acids is 2. The van der Waals surface area contributed by atoms with Crippen LogP contribution < -0.4 is 10.1 Å². The zero-order valence-corrected chi connectivity index (χ0v) is 17.3. The van der Waals surface area contributed by atoms with Crippen molar-refractivity contribution >= 4 is 17.5 Å². The van der Waals surface area contributed by atoms with Gasteiger partial charge >= 0.3 is 0 Å². The van der Waals surface area contributed by atoms with Crippen molar-refractivity contribution in [3.05, 3.63) is 23.8 Å². The second-order valence-corrected chi connectivity index (χ2v) is 8.28. The number of methoxy groups -OCH3 is 1. The highest BCUT2D eigenvalue weighted by molar-refractivity contribution is 5.92. The van der Waals surface area contributed by atoms with Gasteiger partial charge in [0.15, 0.2) is 0 Å². The molecule has 8 heteroatoms. The second kappa shape index (κ2) is 9.32. The van der Waals surface area contributed by atoms with Crippen LogP contribution in [0.5, 0.6) is 5.75 Å². The number of rotatable bonds is 6. The molecule has 2 fully saturated rings. The predicted molar refractivity (Wildman–Crippen MR) is 110 cm³/mol. The summed E-state index contributed by atoms with van der Waals surface area (Å²) in [5.41, 5.74) is 1.65. The fraction of sp³-hybridized carbons (Fsp3) is 0.636. The number of amides is 2. The Morgan fingerprint density at radius 3 is 2.80 bits per heavy atom. The van der Waals surface area contributed by atoms with Crippen LogP contribution in [0.3, 0.4) is 0 Å². The van der Waals surface area contributed by atoms with Gasteiger partial charge in [-0.3, -0.25) is 9.59 Å². The number of likely N-dealkylation sites (tertiary alicyclic amines) is 1. The first-order valence-electron chi connectivity index (χ1n) is 10.7. The molecule has 8 nitrogen and oxygen atoms in total. The van der Waals surface area contributed by atoms with Crippen molar-refractivity contribution in [3.63, 3.8) is 0 Å². The van der Waals surface area contributed by atoms with Crippen LogP contribution in [0.2, 0.25) is 0 Å². The molecule has 3 aliphatic heterocycles. The smallest absolute Gasteiger partial charge is 0.250 e. The maximum absolute atomic E-state index is 12.7. The van der Waals surface area contributed by atoms with E-state index in [0.717, 1.165) is 37.2 Å². The van der Waals surface area contributed by atoms with Gasteiger partial charge < -0.3 is 29.5 Å². The third-order valence-corrected chi connectivity index (χ3v) is 6.17. The first-order chi connectivity index (χ1) is 14.6. The van der Waals surface area contributed by atoms with Crippen LogP contribution in [0, 0.1) is 0 Å². The molecule has 0 aliphatic carbocycles. The largest absolute Gasteiger partial charge is 0.487 e. The molecular weight excluding hydrogens is 388 g/mol. The quantitative estimate of drug-likeness (QED) is 0.729. The molecule has 2 N–H and O–H groups in total. The maximum Gasteiger partial charge on any atom is 0.250 e. The van der Waals surface area contributed by atoms with E-state index in [1.54, 1.807) is 6.07 Å². The van der Waals surface area contributed by atoms with E-state index in [1.807, 2.05) is 17.0 Å². The lowest BCUT2D eigenvalue weighted by molar-refractivity contribution is -0.149. The number of nitrogens with zero attached hydrogens (tertiary/aromatic N) is 1. The van der Waals surface area contributed by atoms with Gasteiger partial charge in [-0.05, 0) is 43.9 Å². The van der Waals surface area contributed by atoms with E-state index in [-0.39, 0.29) is 43.2 Å². The molecule has 0 radical (unpaired) electrons. The molecule has 0 aromatic heterocycles. The zero-order valence-electron chi connectivity index (χ0n) is 17.3. The fourth-order valence-corrected chi connectivity index (χ4v) is 4.76. The van der Waals surface area contributed by atoms with Gasteiger partial charge in [-0.2, -0.15) is 0 Å². The molecule has 3 heterocycles. The molecule has 0 unspecified atom stereocenters. The van der Waals surface area contributed by atoms with Gasteiger partial charge in [0.2, 0.25) is 11.8 Å². The van der Waals surface area contributed by atoms with E-state index in [2.05, 4.69) is 5.32 Å². The summed E-state index contributed by atoms with van der Waals surface area (Å²) in [4.78, 5) is 26.5. The number of piperidine rings is 1. The van der Waals surface area contributed by atoms with E-state index in [4.69, 9.17) is 14.2 Å². The van der Waals surface area contributed by atoms with E-state index in [1.165, 1.54) is 13.5 Å². The number of benzene rings is 1. The molecule has 164 valence electrons. The molecule has 0 bridgehead atoms. The normalized spacial score (nSPS) is 27.7. The lowest BCUT2D eigenvalue weighted by Crippen LogP contribution is -2.48. The van der Waals surface area contributed by atoms with Gasteiger partial charge in [0.05, 0.1) is 19.1 Å². The lowest BCUT2D eigenvalue weighted by Gasteiger charge is -2.38. The van der Waals surface area contributed by atoms with Crippen LogP contribution in [0.25, 0.3) is 0 Å².